The van der Waals surface area contributed by atoms with Crippen molar-refractivity contribution in [3.05, 3.63) is 78.2 Å². The smallest absolute Gasteiger partial charge is 0.357 e. The minimum Gasteiger partial charge on any atom is -0.456 e. The third kappa shape index (κ3) is 2.91. The zero-order valence-electron chi connectivity index (χ0n) is 12.3. The standard InChI is InChI=1S/C18H16N2O2/c1-20-13-19-16(15-10-6-3-7-11-15)17(20)18(21)22-12-14-8-4-2-5-9-14/h2-11,13H,12H2,1H3. The Morgan fingerprint density at radius 1 is 1.05 bits per heavy atom. The Morgan fingerprint density at radius 2 is 1.68 bits per heavy atom. The number of aromatic nitrogens is 2. The largest absolute Gasteiger partial charge is 0.456 e. The number of carbonyl (C=O) groups excluding carboxylic acids is 1. The van der Waals surface area contributed by atoms with Crippen molar-refractivity contribution < 1.29 is 9.53 Å². The van der Waals surface area contributed by atoms with Gasteiger partial charge in [0.25, 0.3) is 0 Å². The Kier molecular flexibility index (Phi) is 4.01. The van der Waals surface area contributed by atoms with Gasteiger partial charge in [-0.05, 0) is 5.56 Å². The van der Waals surface area contributed by atoms with Crippen molar-refractivity contribution in [3.8, 4) is 11.3 Å². The van der Waals surface area contributed by atoms with Crippen molar-refractivity contribution in [2.45, 2.75) is 6.61 Å². The highest BCUT2D eigenvalue weighted by molar-refractivity contribution is 5.94. The van der Waals surface area contributed by atoms with E-state index in [-0.39, 0.29) is 12.6 Å². The molecule has 4 heteroatoms. The topological polar surface area (TPSA) is 44.1 Å². The monoisotopic (exact) mass is 292 g/mol. The summed E-state index contributed by atoms with van der Waals surface area (Å²) in [5.74, 6) is -0.372. The molecule has 22 heavy (non-hydrogen) atoms. The van der Waals surface area contributed by atoms with E-state index in [1.165, 1.54) is 0 Å². The predicted octanol–water partition coefficient (Wildman–Crippen LogP) is 3.44. The van der Waals surface area contributed by atoms with Gasteiger partial charge in [-0.25, -0.2) is 9.78 Å². The summed E-state index contributed by atoms with van der Waals surface area (Å²) in [7, 11) is 1.79. The Balaban J connectivity index is 1.82. The molecule has 0 spiro atoms. The first-order valence-electron chi connectivity index (χ1n) is 7.03. The van der Waals surface area contributed by atoms with Gasteiger partial charge >= 0.3 is 5.97 Å². The Bertz CT molecular complexity index is 764. The number of aryl methyl sites for hydroxylation is 1. The lowest BCUT2D eigenvalue weighted by Crippen LogP contribution is -2.11. The molecule has 0 N–H and O–H groups in total. The number of benzene rings is 2. The number of imidazole rings is 1. The molecule has 3 aromatic rings. The molecule has 110 valence electrons. The van der Waals surface area contributed by atoms with Gasteiger partial charge in [0.1, 0.15) is 12.3 Å². The van der Waals surface area contributed by atoms with E-state index in [0.29, 0.717) is 11.4 Å². The molecule has 0 aliphatic carbocycles. The molecule has 3 rings (SSSR count). The molecule has 2 aromatic carbocycles. The lowest BCUT2D eigenvalue weighted by Gasteiger charge is -2.07. The fourth-order valence-electron chi connectivity index (χ4n) is 2.27. The maximum absolute atomic E-state index is 12.4. The number of nitrogens with zero attached hydrogens (tertiary/aromatic N) is 2. The van der Waals surface area contributed by atoms with Crippen LogP contribution in [0.2, 0.25) is 0 Å². The van der Waals surface area contributed by atoms with Crippen molar-refractivity contribution in [2.24, 2.45) is 7.05 Å². The normalized spacial score (nSPS) is 10.4. The molecule has 1 aromatic heterocycles. The number of esters is 1. The van der Waals surface area contributed by atoms with Crippen LogP contribution in [0.1, 0.15) is 16.1 Å². The van der Waals surface area contributed by atoms with Crippen molar-refractivity contribution in [3.63, 3.8) is 0 Å². The Morgan fingerprint density at radius 3 is 2.36 bits per heavy atom. The van der Waals surface area contributed by atoms with Crippen LogP contribution < -0.4 is 0 Å². The summed E-state index contributed by atoms with van der Waals surface area (Å²) < 4.78 is 7.11. The van der Waals surface area contributed by atoms with Gasteiger partial charge in [-0.3, -0.25) is 0 Å². The highest BCUT2D eigenvalue weighted by atomic mass is 16.5. The van der Waals surface area contributed by atoms with E-state index in [1.807, 2.05) is 60.7 Å². The predicted molar refractivity (Wildman–Crippen MR) is 84.2 cm³/mol. The molecule has 0 amide bonds. The molecular formula is C18H16N2O2. The van der Waals surface area contributed by atoms with Gasteiger partial charge in [-0.2, -0.15) is 0 Å². The molecule has 0 bridgehead atoms. The molecule has 0 saturated heterocycles. The Hall–Kier alpha value is -2.88. The van der Waals surface area contributed by atoms with E-state index < -0.39 is 0 Å². The van der Waals surface area contributed by atoms with Crippen molar-refractivity contribution >= 4 is 5.97 Å². The summed E-state index contributed by atoms with van der Waals surface area (Å²) in [5, 5.41) is 0. The molecule has 0 atom stereocenters. The van der Waals surface area contributed by atoms with Gasteiger partial charge in [0.15, 0.2) is 5.69 Å². The average Bonchev–Trinajstić information content (AvgIpc) is 2.96. The third-order valence-electron chi connectivity index (χ3n) is 3.39. The molecule has 4 nitrogen and oxygen atoms in total. The molecule has 0 unspecified atom stereocenters. The fourth-order valence-corrected chi connectivity index (χ4v) is 2.27. The first-order valence-corrected chi connectivity index (χ1v) is 7.03. The van der Waals surface area contributed by atoms with Gasteiger partial charge < -0.3 is 9.30 Å². The fraction of sp³-hybridized carbons (Fsp3) is 0.111. The summed E-state index contributed by atoms with van der Waals surface area (Å²) in [6, 6.07) is 19.2. The molecule has 0 aliphatic rings. The van der Waals surface area contributed by atoms with Crippen LogP contribution >= 0.6 is 0 Å². The average molecular weight is 292 g/mol. The van der Waals surface area contributed by atoms with Gasteiger partial charge in [0.2, 0.25) is 0 Å². The van der Waals surface area contributed by atoms with Crippen molar-refractivity contribution in [1.29, 1.82) is 0 Å². The van der Waals surface area contributed by atoms with Crippen LogP contribution in [-0.2, 0) is 18.4 Å². The summed E-state index contributed by atoms with van der Waals surface area (Å²) in [5.41, 5.74) is 2.96. The molecular weight excluding hydrogens is 276 g/mol. The maximum atomic E-state index is 12.4. The minimum absolute atomic E-state index is 0.249. The number of ether oxygens (including phenoxy) is 1. The van der Waals surface area contributed by atoms with Crippen LogP contribution in [0.3, 0.4) is 0 Å². The van der Waals surface area contributed by atoms with Crippen LogP contribution in [0.4, 0.5) is 0 Å². The number of hydrogen-bond acceptors (Lipinski definition) is 3. The van der Waals surface area contributed by atoms with Gasteiger partial charge in [0.05, 0.1) is 6.33 Å². The second-order valence-electron chi connectivity index (χ2n) is 4.98. The summed E-state index contributed by atoms with van der Waals surface area (Å²) in [6.45, 7) is 0.249. The number of carbonyl (C=O) groups is 1. The quantitative estimate of drug-likeness (QED) is 0.692. The molecule has 1 heterocycles. The van der Waals surface area contributed by atoms with E-state index >= 15 is 0 Å². The van der Waals surface area contributed by atoms with Crippen molar-refractivity contribution in [1.82, 2.24) is 9.55 Å². The van der Waals surface area contributed by atoms with Crippen molar-refractivity contribution in [2.75, 3.05) is 0 Å². The van der Waals surface area contributed by atoms with Crippen LogP contribution in [0.15, 0.2) is 67.0 Å². The molecule has 0 radical (unpaired) electrons. The summed E-state index contributed by atoms with van der Waals surface area (Å²) in [4.78, 5) is 16.7. The summed E-state index contributed by atoms with van der Waals surface area (Å²) >= 11 is 0. The minimum atomic E-state index is -0.372. The Labute approximate surface area is 129 Å². The van der Waals surface area contributed by atoms with E-state index in [9.17, 15) is 4.79 Å². The van der Waals surface area contributed by atoms with Crippen LogP contribution in [0.5, 0.6) is 0 Å². The van der Waals surface area contributed by atoms with E-state index in [2.05, 4.69) is 4.98 Å². The van der Waals surface area contributed by atoms with E-state index in [4.69, 9.17) is 4.74 Å². The van der Waals surface area contributed by atoms with Gasteiger partial charge in [0, 0.05) is 12.6 Å². The highest BCUT2D eigenvalue weighted by Crippen LogP contribution is 2.22. The van der Waals surface area contributed by atoms with Gasteiger partial charge in [-0.1, -0.05) is 60.7 Å². The van der Waals surface area contributed by atoms with Crippen LogP contribution in [0, 0.1) is 0 Å². The molecule has 0 saturated carbocycles. The van der Waals surface area contributed by atoms with Crippen LogP contribution in [0.25, 0.3) is 11.3 Å². The SMILES string of the molecule is Cn1cnc(-c2ccccc2)c1C(=O)OCc1ccccc1. The molecule has 0 aliphatic heterocycles. The lowest BCUT2D eigenvalue weighted by atomic mass is 10.1. The first-order chi connectivity index (χ1) is 10.8. The summed E-state index contributed by atoms with van der Waals surface area (Å²) in [6.07, 6.45) is 1.63. The number of rotatable bonds is 4. The zero-order chi connectivity index (χ0) is 15.4. The van der Waals surface area contributed by atoms with Gasteiger partial charge in [-0.15, -0.1) is 0 Å². The first kappa shape index (κ1) is 14.1. The number of hydrogen-bond donors (Lipinski definition) is 0. The second-order valence-corrected chi connectivity index (χ2v) is 4.98. The van der Waals surface area contributed by atoms with Crippen LogP contribution in [-0.4, -0.2) is 15.5 Å². The van der Waals surface area contributed by atoms with E-state index in [0.717, 1.165) is 11.1 Å². The third-order valence-corrected chi connectivity index (χ3v) is 3.39. The van der Waals surface area contributed by atoms with E-state index in [1.54, 1.807) is 17.9 Å². The highest BCUT2D eigenvalue weighted by Gasteiger charge is 2.19. The lowest BCUT2D eigenvalue weighted by molar-refractivity contribution is 0.0462. The molecule has 0 fully saturated rings. The maximum Gasteiger partial charge on any atom is 0.357 e. The second kappa shape index (κ2) is 6.26. The zero-order valence-corrected chi connectivity index (χ0v) is 12.3.